The van der Waals surface area contributed by atoms with Crippen LogP contribution in [0.3, 0.4) is 0 Å². The summed E-state index contributed by atoms with van der Waals surface area (Å²) in [6, 6.07) is 3.65. The molecule has 4 nitrogen and oxygen atoms in total. The molecule has 0 radical (unpaired) electrons. The van der Waals surface area contributed by atoms with Crippen LogP contribution in [-0.4, -0.2) is 23.0 Å². The van der Waals surface area contributed by atoms with Crippen LogP contribution in [0.25, 0.3) is 11.0 Å². The molecule has 0 aromatic carbocycles. The molecule has 0 atom stereocenters. The Morgan fingerprint density at radius 2 is 2.36 bits per heavy atom. The molecule has 0 amide bonds. The fourth-order valence-corrected chi connectivity index (χ4v) is 1.55. The fraction of sp³-hybridized carbons (Fsp3) is 0.111. The summed E-state index contributed by atoms with van der Waals surface area (Å²) in [6.07, 6.45) is 1.59. The zero-order valence-electron chi connectivity index (χ0n) is 7.37. The minimum atomic E-state index is -0.387. The fourth-order valence-electron chi connectivity index (χ4n) is 1.24. The molecule has 5 heteroatoms. The second-order valence-corrected chi connectivity index (χ2v) is 3.54. The van der Waals surface area contributed by atoms with Crippen molar-refractivity contribution in [3.8, 4) is 0 Å². The van der Waals surface area contributed by atoms with E-state index in [-0.39, 0.29) is 5.97 Å². The van der Waals surface area contributed by atoms with E-state index in [4.69, 9.17) is 0 Å². The zero-order chi connectivity index (χ0) is 10.1. The van der Waals surface area contributed by atoms with Gasteiger partial charge in [0.05, 0.1) is 12.6 Å². The number of carbonyl (C=O) groups excluding carboxylic acids is 1. The number of esters is 1. The van der Waals surface area contributed by atoms with E-state index >= 15 is 0 Å². The standard InChI is InChI=1S/C9H7BrN2O2/c1-14-9(13)5-4-11-6-2-3-7(10)12-8(5)6/h2-4,11H,1H3. The smallest absolute Gasteiger partial charge is 0.341 e. The highest BCUT2D eigenvalue weighted by molar-refractivity contribution is 9.10. The zero-order valence-corrected chi connectivity index (χ0v) is 8.96. The van der Waals surface area contributed by atoms with Crippen molar-refractivity contribution >= 4 is 32.9 Å². The molecule has 0 unspecified atom stereocenters. The highest BCUT2D eigenvalue weighted by Crippen LogP contribution is 2.19. The Balaban J connectivity index is 2.67. The van der Waals surface area contributed by atoms with Gasteiger partial charge in [0, 0.05) is 6.20 Å². The number of carbonyl (C=O) groups is 1. The maximum absolute atomic E-state index is 11.3. The maximum atomic E-state index is 11.3. The van der Waals surface area contributed by atoms with E-state index in [0.717, 1.165) is 5.52 Å². The third-order valence-electron chi connectivity index (χ3n) is 1.89. The number of nitrogens with one attached hydrogen (secondary N) is 1. The Morgan fingerprint density at radius 3 is 3.07 bits per heavy atom. The second kappa shape index (κ2) is 3.42. The van der Waals surface area contributed by atoms with Gasteiger partial charge in [-0.15, -0.1) is 0 Å². The third kappa shape index (κ3) is 1.39. The van der Waals surface area contributed by atoms with Gasteiger partial charge in [-0.05, 0) is 28.1 Å². The Labute approximate surface area is 88.4 Å². The van der Waals surface area contributed by atoms with Gasteiger partial charge < -0.3 is 9.72 Å². The van der Waals surface area contributed by atoms with Crippen LogP contribution < -0.4 is 0 Å². The van der Waals surface area contributed by atoms with Crippen LogP contribution in [0.5, 0.6) is 0 Å². The Morgan fingerprint density at radius 1 is 1.57 bits per heavy atom. The molecule has 0 spiro atoms. The first-order valence-corrected chi connectivity index (χ1v) is 4.73. The molecule has 0 aliphatic carbocycles. The number of hydrogen-bond donors (Lipinski definition) is 1. The Bertz CT molecular complexity index is 493. The van der Waals surface area contributed by atoms with Crippen molar-refractivity contribution in [2.45, 2.75) is 0 Å². The molecule has 14 heavy (non-hydrogen) atoms. The number of methoxy groups -OCH3 is 1. The number of nitrogens with zero attached hydrogens (tertiary/aromatic N) is 1. The van der Waals surface area contributed by atoms with Gasteiger partial charge in [0.25, 0.3) is 0 Å². The van der Waals surface area contributed by atoms with Gasteiger partial charge in [0.2, 0.25) is 0 Å². The van der Waals surface area contributed by atoms with Gasteiger partial charge in [-0.1, -0.05) is 0 Å². The predicted molar refractivity (Wildman–Crippen MR) is 55.1 cm³/mol. The van der Waals surface area contributed by atoms with Gasteiger partial charge in [-0.25, -0.2) is 9.78 Å². The molecule has 72 valence electrons. The van der Waals surface area contributed by atoms with Crippen molar-refractivity contribution in [2.75, 3.05) is 7.11 Å². The number of halogens is 1. The van der Waals surface area contributed by atoms with E-state index in [1.807, 2.05) is 6.07 Å². The average Bonchev–Trinajstić information content (AvgIpc) is 2.59. The molecule has 0 aliphatic rings. The summed E-state index contributed by atoms with van der Waals surface area (Å²) in [5.74, 6) is -0.387. The van der Waals surface area contributed by atoms with E-state index in [9.17, 15) is 4.79 Å². The number of pyridine rings is 1. The molecule has 0 saturated heterocycles. The molecular weight excluding hydrogens is 248 g/mol. The van der Waals surface area contributed by atoms with E-state index in [1.165, 1.54) is 7.11 Å². The largest absolute Gasteiger partial charge is 0.465 e. The molecule has 0 bridgehead atoms. The summed E-state index contributed by atoms with van der Waals surface area (Å²) in [7, 11) is 1.35. The summed E-state index contributed by atoms with van der Waals surface area (Å²) in [4.78, 5) is 18.4. The van der Waals surface area contributed by atoms with E-state index in [2.05, 4.69) is 30.6 Å². The minimum Gasteiger partial charge on any atom is -0.465 e. The number of hydrogen-bond acceptors (Lipinski definition) is 3. The summed E-state index contributed by atoms with van der Waals surface area (Å²) >= 11 is 3.25. The van der Waals surface area contributed by atoms with Gasteiger partial charge in [0.1, 0.15) is 15.7 Å². The first-order valence-electron chi connectivity index (χ1n) is 3.94. The van der Waals surface area contributed by atoms with Gasteiger partial charge in [-0.2, -0.15) is 0 Å². The molecule has 2 rings (SSSR count). The number of aromatic amines is 1. The molecular formula is C9H7BrN2O2. The molecule has 2 heterocycles. The molecule has 0 fully saturated rings. The number of fused-ring (bicyclic) bond motifs is 1. The summed E-state index contributed by atoms with van der Waals surface area (Å²) in [5, 5.41) is 0. The normalized spacial score (nSPS) is 10.4. The lowest BCUT2D eigenvalue weighted by atomic mass is 10.3. The van der Waals surface area contributed by atoms with Crippen molar-refractivity contribution in [1.29, 1.82) is 0 Å². The lowest BCUT2D eigenvalue weighted by molar-refractivity contribution is 0.0603. The maximum Gasteiger partial charge on any atom is 0.341 e. The van der Waals surface area contributed by atoms with Crippen LogP contribution in [0.2, 0.25) is 0 Å². The third-order valence-corrected chi connectivity index (χ3v) is 2.34. The van der Waals surface area contributed by atoms with Crippen LogP contribution in [0.15, 0.2) is 22.9 Å². The molecule has 2 aromatic rings. The van der Waals surface area contributed by atoms with Crippen molar-refractivity contribution in [2.24, 2.45) is 0 Å². The molecule has 0 aliphatic heterocycles. The number of aromatic nitrogens is 2. The van der Waals surface area contributed by atoms with Gasteiger partial charge in [-0.3, -0.25) is 0 Å². The molecule has 0 saturated carbocycles. The van der Waals surface area contributed by atoms with Gasteiger partial charge in [0.15, 0.2) is 0 Å². The van der Waals surface area contributed by atoms with E-state index in [0.29, 0.717) is 15.7 Å². The number of rotatable bonds is 1. The predicted octanol–water partition coefficient (Wildman–Crippen LogP) is 2.11. The van der Waals surface area contributed by atoms with Crippen LogP contribution >= 0.6 is 15.9 Å². The summed E-state index contributed by atoms with van der Waals surface area (Å²) in [6.45, 7) is 0. The van der Waals surface area contributed by atoms with Crippen molar-refractivity contribution in [1.82, 2.24) is 9.97 Å². The van der Waals surface area contributed by atoms with Gasteiger partial charge >= 0.3 is 5.97 Å². The SMILES string of the molecule is COC(=O)c1c[nH]c2ccc(Br)nc12. The minimum absolute atomic E-state index is 0.387. The summed E-state index contributed by atoms with van der Waals surface area (Å²) < 4.78 is 5.32. The monoisotopic (exact) mass is 254 g/mol. The number of ether oxygens (including phenoxy) is 1. The molecule has 1 N–H and O–H groups in total. The lowest BCUT2D eigenvalue weighted by Crippen LogP contribution is -2.00. The van der Waals surface area contributed by atoms with Crippen molar-refractivity contribution < 1.29 is 9.53 Å². The van der Waals surface area contributed by atoms with Crippen LogP contribution in [-0.2, 0) is 4.74 Å². The van der Waals surface area contributed by atoms with Crippen molar-refractivity contribution in [3.63, 3.8) is 0 Å². The second-order valence-electron chi connectivity index (χ2n) is 2.72. The first-order chi connectivity index (χ1) is 6.72. The topological polar surface area (TPSA) is 55.0 Å². The van der Waals surface area contributed by atoms with Crippen molar-refractivity contribution in [3.05, 3.63) is 28.5 Å². The number of H-pyrrole nitrogens is 1. The highest BCUT2D eigenvalue weighted by atomic mass is 79.9. The molecule has 2 aromatic heterocycles. The first kappa shape index (κ1) is 9.21. The van der Waals surface area contributed by atoms with E-state index < -0.39 is 0 Å². The Hall–Kier alpha value is -1.36. The highest BCUT2D eigenvalue weighted by Gasteiger charge is 2.13. The van der Waals surface area contributed by atoms with Crippen LogP contribution in [0, 0.1) is 0 Å². The summed E-state index contributed by atoms with van der Waals surface area (Å²) in [5.41, 5.74) is 1.88. The quantitative estimate of drug-likeness (QED) is 0.627. The Kier molecular flexibility index (Phi) is 2.25. The van der Waals surface area contributed by atoms with E-state index in [1.54, 1.807) is 12.3 Å². The van der Waals surface area contributed by atoms with Crippen LogP contribution in [0.4, 0.5) is 0 Å². The average molecular weight is 255 g/mol. The lowest BCUT2D eigenvalue weighted by Gasteiger charge is -1.95. The van der Waals surface area contributed by atoms with Crippen LogP contribution in [0.1, 0.15) is 10.4 Å².